The second-order valence-corrected chi connectivity index (χ2v) is 6.58. The van der Waals surface area contributed by atoms with Crippen molar-refractivity contribution < 1.29 is 23.8 Å². The number of methoxy groups -OCH3 is 2. The zero-order valence-corrected chi connectivity index (χ0v) is 17.2. The normalized spacial score (nSPS) is 15.0. The first-order chi connectivity index (χ1) is 14.6. The molecule has 154 valence electrons. The summed E-state index contributed by atoms with van der Waals surface area (Å²) in [5, 5.41) is 0. The highest BCUT2D eigenvalue weighted by Gasteiger charge is 2.32. The monoisotopic (exact) mass is 405 g/mol. The Kier molecular flexibility index (Phi) is 6.76. The molecule has 0 saturated carbocycles. The molecule has 1 aliphatic rings. The molecule has 0 aliphatic carbocycles. The zero-order valence-electron chi connectivity index (χ0n) is 17.2. The Morgan fingerprint density at radius 3 is 2.67 bits per heavy atom. The summed E-state index contributed by atoms with van der Waals surface area (Å²) < 4.78 is 15.7. The number of hydrogen-bond acceptors (Lipinski definition) is 5. The number of amides is 1. The number of hydrogen-bond donors (Lipinski definition) is 0. The van der Waals surface area contributed by atoms with Crippen molar-refractivity contribution in [1.82, 2.24) is 0 Å². The molecule has 1 atom stereocenters. The van der Waals surface area contributed by atoms with Crippen LogP contribution in [0.3, 0.4) is 0 Å². The predicted molar refractivity (Wildman–Crippen MR) is 114 cm³/mol. The van der Waals surface area contributed by atoms with Gasteiger partial charge in [0.05, 0.1) is 20.1 Å². The van der Waals surface area contributed by atoms with Gasteiger partial charge in [0.25, 0.3) is 5.91 Å². The molecule has 0 aromatic heterocycles. The Hall–Kier alpha value is -3.72. The van der Waals surface area contributed by atoms with Crippen molar-refractivity contribution in [1.29, 1.82) is 0 Å². The first-order valence-corrected chi connectivity index (χ1v) is 9.52. The molecule has 6 heteroatoms. The molecule has 0 spiro atoms. The van der Waals surface area contributed by atoms with E-state index in [1.54, 1.807) is 31.1 Å². The third-order valence-electron chi connectivity index (χ3n) is 4.89. The van der Waals surface area contributed by atoms with E-state index in [-0.39, 0.29) is 17.8 Å². The Bertz CT molecular complexity index is 1030. The van der Waals surface area contributed by atoms with Gasteiger partial charge < -0.3 is 19.1 Å². The zero-order chi connectivity index (χ0) is 21.5. The van der Waals surface area contributed by atoms with E-state index in [0.29, 0.717) is 35.7 Å². The molecule has 1 heterocycles. The number of fused-ring (bicyclic) bond motifs is 1. The third-order valence-corrected chi connectivity index (χ3v) is 4.89. The Morgan fingerprint density at radius 1 is 1.13 bits per heavy atom. The summed E-state index contributed by atoms with van der Waals surface area (Å²) >= 11 is 0. The fraction of sp³-hybridized carbons (Fsp3) is 0.250. The van der Waals surface area contributed by atoms with Gasteiger partial charge in [0, 0.05) is 30.8 Å². The topological polar surface area (TPSA) is 65.1 Å². The van der Waals surface area contributed by atoms with Crippen molar-refractivity contribution in [3.8, 4) is 23.5 Å². The highest BCUT2D eigenvalue weighted by molar-refractivity contribution is 6.05. The molecule has 1 unspecified atom stereocenters. The minimum Gasteiger partial charge on any atom is -0.493 e. The van der Waals surface area contributed by atoms with Crippen molar-refractivity contribution in [3.05, 3.63) is 59.7 Å². The lowest BCUT2D eigenvalue weighted by molar-refractivity contribution is -0.142. The number of carbonyl (C=O) groups is 2. The molecule has 0 N–H and O–H groups in total. The largest absolute Gasteiger partial charge is 0.493 e. The summed E-state index contributed by atoms with van der Waals surface area (Å²) in [4.78, 5) is 26.8. The predicted octanol–water partition coefficient (Wildman–Crippen LogP) is 3.76. The lowest BCUT2D eigenvalue weighted by atomic mass is 9.90. The van der Waals surface area contributed by atoms with E-state index in [2.05, 4.69) is 12.0 Å². The molecule has 2 aromatic rings. The van der Waals surface area contributed by atoms with Crippen LogP contribution < -0.4 is 14.4 Å². The molecule has 0 saturated heterocycles. The summed E-state index contributed by atoms with van der Waals surface area (Å²) in [6.07, 6.45) is 6.22. The summed E-state index contributed by atoms with van der Waals surface area (Å²) in [6.45, 7) is 2.09. The van der Waals surface area contributed by atoms with Crippen LogP contribution in [-0.2, 0) is 14.3 Å². The minimum absolute atomic E-state index is 0.193. The maximum Gasteiger partial charge on any atom is 0.313 e. The maximum atomic E-state index is 13.0. The number of nitrogens with zero attached hydrogens (tertiary/aromatic N) is 1. The van der Waals surface area contributed by atoms with Crippen molar-refractivity contribution >= 4 is 23.6 Å². The number of para-hydroxylation sites is 2. The van der Waals surface area contributed by atoms with Crippen LogP contribution in [0.4, 0.5) is 5.69 Å². The van der Waals surface area contributed by atoms with Crippen LogP contribution in [0.25, 0.3) is 6.08 Å². The second-order valence-electron chi connectivity index (χ2n) is 6.58. The van der Waals surface area contributed by atoms with Gasteiger partial charge >= 0.3 is 5.97 Å². The fourth-order valence-electron chi connectivity index (χ4n) is 3.47. The van der Waals surface area contributed by atoms with Crippen LogP contribution in [0.5, 0.6) is 11.5 Å². The molecular weight excluding hydrogens is 382 g/mol. The quantitative estimate of drug-likeness (QED) is 0.431. The SMILES string of the molecule is CC#COc1c(/C=C/C(=O)N2CCC(C(=O)OC)c3ccccc32)cccc1OC. The first-order valence-electron chi connectivity index (χ1n) is 9.52. The van der Waals surface area contributed by atoms with Crippen molar-refractivity contribution in [2.45, 2.75) is 19.3 Å². The molecule has 0 bridgehead atoms. The summed E-state index contributed by atoms with van der Waals surface area (Å²) in [5.41, 5.74) is 2.18. The lowest BCUT2D eigenvalue weighted by Crippen LogP contribution is -2.37. The van der Waals surface area contributed by atoms with Crippen LogP contribution >= 0.6 is 0 Å². The van der Waals surface area contributed by atoms with Gasteiger partial charge in [-0.05, 0) is 30.2 Å². The van der Waals surface area contributed by atoms with Gasteiger partial charge in [-0.1, -0.05) is 36.3 Å². The number of rotatable bonds is 5. The standard InChI is InChI=1S/C24H23NO5/c1-4-16-30-23-17(8-7-11-21(23)28-2)12-13-22(26)25-15-14-19(24(27)29-3)18-9-5-6-10-20(18)25/h5-13,19H,14-15H2,1-3H3/b13-12+. The van der Waals surface area contributed by atoms with Crippen molar-refractivity contribution in [2.75, 3.05) is 25.7 Å². The van der Waals surface area contributed by atoms with Gasteiger partial charge in [0.15, 0.2) is 11.5 Å². The number of esters is 1. The lowest BCUT2D eigenvalue weighted by Gasteiger charge is -2.32. The van der Waals surface area contributed by atoms with E-state index in [4.69, 9.17) is 14.2 Å². The van der Waals surface area contributed by atoms with Gasteiger partial charge in [0.1, 0.15) is 6.11 Å². The number of benzene rings is 2. The number of anilines is 1. The first kappa shape index (κ1) is 21.0. The van der Waals surface area contributed by atoms with Crippen LogP contribution in [0, 0.1) is 12.0 Å². The van der Waals surface area contributed by atoms with E-state index in [9.17, 15) is 9.59 Å². The molecule has 2 aromatic carbocycles. The number of ether oxygens (including phenoxy) is 3. The van der Waals surface area contributed by atoms with E-state index < -0.39 is 0 Å². The summed E-state index contributed by atoms with van der Waals surface area (Å²) in [6, 6.07) is 12.8. The number of carbonyl (C=O) groups excluding carboxylic acids is 2. The highest BCUT2D eigenvalue weighted by atomic mass is 16.5. The summed E-state index contributed by atoms with van der Waals surface area (Å²) in [5.74, 6) is 2.79. The highest BCUT2D eigenvalue weighted by Crippen LogP contribution is 2.36. The molecule has 1 amide bonds. The summed E-state index contributed by atoms with van der Waals surface area (Å²) in [7, 11) is 2.92. The van der Waals surface area contributed by atoms with Crippen LogP contribution in [0.15, 0.2) is 48.5 Å². The molecule has 30 heavy (non-hydrogen) atoms. The molecule has 3 rings (SSSR count). The maximum absolute atomic E-state index is 13.0. The molecule has 0 fully saturated rings. The van der Waals surface area contributed by atoms with E-state index in [1.807, 2.05) is 36.4 Å². The van der Waals surface area contributed by atoms with E-state index in [0.717, 1.165) is 5.56 Å². The van der Waals surface area contributed by atoms with Crippen LogP contribution in [-0.4, -0.2) is 32.6 Å². The third kappa shape index (κ3) is 4.31. The van der Waals surface area contributed by atoms with Gasteiger partial charge in [-0.3, -0.25) is 9.59 Å². The fourth-order valence-corrected chi connectivity index (χ4v) is 3.47. The van der Waals surface area contributed by atoms with Crippen molar-refractivity contribution in [3.63, 3.8) is 0 Å². The Balaban J connectivity index is 1.89. The van der Waals surface area contributed by atoms with E-state index >= 15 is 0 Å². The van der Waals surface area contributed by atoms with Gasteiger partial charge in [-0.2, -0.15) is 0 Å². The Morgan fingerprint density at radius 2 is 1.93 bits per heavy atom. The molecule has 0 radical (unpaired) electrons. The van der Waals surface area contributed by atoms with Crippen LogP contribution in [0.1, 0.15) is 30.4 Å². The van der Waals surface area contributed by atoms with Gasteiger partial charge in [-0.15, -0.1) is 0 Å². The van der Waals surface area contributed by atoms with E-state index in [1.165, 1.54) is 13.2 Å². The van der Waals surface area contributed by atoms with Crippen LogP contribution in [0.2, 0.25) is 0 Å². The second kappa shape index (κ2) is 9.66. The average molecular weight is 405 g/mol. The molecule has 1 aliphatic heterocycles. The Labute approximate surface area is 176 Å². The van der Waals surface area contributed by atoms with Gasteiger partial charge in [-0.25, -0.2) is 0 Å². The smallest absolute Gasteiger partial charge is 0.313 e. The minimum atomic E-state index is -0.370. The molecular formula is C24H23NO5. The average Bonchev–Trinajstić information content (AvgIpc) is 2.79. The van der Waals surface area contributed by atoms with Gasteiger partial charge in [0.2, 0.25) is 0 Å². The van der Waals surface area contributed by atoms with Crippen molar-refractivity contribution in [2.24, 2.45) is 0 Å². The molecule has 6 nitrogen and oxygen atoms in total.